The van der Waals surface area contributed by atoms with Crippen molar-refractivity contribution in [1.82, 2.24) is 9.38 Å². The first-order valence-corrected chi connectivity index (χ1v) is 16.4. The minimum absolute atomic E-state index is 0.00769. The SMILES string of the molecule is CC(C)(C)c1ccc2nc3c4c5cc(-c6ccccc6)c6ccc7ccc8c(-c9ccccc9)cc(c4c(=O)n3c2c1)c1c8c7c6c51. The Bertz CT molecular complexity index is 3090. The third-order valence-electron chi connectivity index (χ3n) is 10.8. The van der Waals surface area contributed by atoms with Gasteiger partial charge < -0.3 is 0 Å². The summed E-state index contributed by atoms with van der Waals surface area (Å²) in [6.07, 6.45) is 0. The number of benzene rings is 8. The maximum absolute atomic E-state index is 15.0. The first-order valence-electron chi connectivity index (χ1n) is 16.4. The molecule has 11 aromatic rings. The molecule has 3 heteroatoms. The van der Waals surface area contributed by atoms with Crippen LogP contribution in [0, 0.1) is 0 Å². The van der Waals surface area contributed by atoms with Crippen molar-refractivity contribution in [3.63, 3.8) is 0 Å². The average molecular weight is 601 g/mol. The largest absolute Gasteiger partial charge is 0.268 e. The number of aromatic nitrogens is 2. The van der Waals surface area contributed by atoms with Crippen LogP contribution in [0.2, 0.25) is 0 Å². The van der Waals surface area contributed by atoms with E-state index in [9.17, 15) is 4.79 Å². The van der Waals surface area contributed by atoms with E-state index in [1.54, 1.807) is 0 Å². The van der Waals surface area contributed by atoms with E-state index < -0.39 is 0 Å². The molecular formula is C44H28N2O. The van der Waals surface area contributed by atoms with Gasteiger partial charge in [0, 0.05) is 5.39 Å². The van der Waals surface area contributed by atoms with Crippen LogP contribution in [0.15, 0.2) is 120 Å². The summed E-state index contributed by atoms with van der Waals surface area (Å²) >= 11 is 0. The van der Waals surface area contributed by atoms with Gasteiger partial charge in [-0.15, -0.1) is 0 Å². The first-order chi connectivity index (χ1) is 22.9. The van der Waals surface area contributed by atoms with E-state index in [1.165, 1.54) is 59.8 Å². The summed E-state index contributed by atoms with van der Waals surface area (Å²) in [6.45, 7) is 6.64. The molecule has 0 spiro atoms. The van der Waals surface area contributed by atoms with Gasteiger partial charge in [0.15, 0.2) is 0 Å². The summed E-state index contributed by atoms with van der Waals surface area (Å²) < 4.78 is 1.89. The van der Waals surface area contributed by atoms with Crippen LogP contribution in [0.1, 0.15) is 26.3 Å². The lowest BCUT2D eigenvalue weighted by Gasteiger charge is -2.18. The predicted octanol–water partition coefficient (Wildman–Crippen LogP) is 11.1. The zero-order valence-electron chi connectivity index (χ0n) is 26.3. The van der Waals surface area contributed by atoms with Crippen molar-refractivity contribution in [2.75, 3.05) is 0 Å². The molecule has 11 rings (SSSR count). The Morgan fingerprint density at radius 2 is 1.09 bits per heavy atom. The van der Waals surface area contributed by atoms with E-state index in [0.717, 1.165) is 49.4 Å². The Hall–Kier alpha value is -5.80. The summed E-state index contributed by atoms with van der Waals surface area (Å²) in [5.74, 6) is 0. The van der Waals surface area contributed by atoms with Gasteiger partial charge in [-0.2, -0.15) is 0 Å². The van der Waals surface area contributed by atoms with E-state index in [0.29, 0.717) is 0 Å². The van der Waals surface area contributed by atoms with Crippen molar-refractivity contribution < 1.29 is 0 Å². The Labute approximate surface area is 269 Å². The molecule has 3 nitrogen and oxygen atoms in total. The Morgan fingerprint density at radius 1 is 0.532 bits per heavy atom. The molecule has 0 saturated heterocycles. The van der Waals surface area contributed by atoms with E-state index in [4.69, 9.17) is 4.98 Å². The second kappa shape index (κ2) is 8.31. The summed E-state index contributed by atoms with van der Waals surface area (Å²) in [5, 5.41) is 13.8. The predicted molar refractivity (Wildman–Crippen MR) is 198 cm³/mol. The van der Waals surface area contributed by atoms with Gasteiger partial charge in [-0.05, 0) is 111 Å². The van der Waals surface area contributed by atoms with Crippen molar-refractivity contribution in [2.45, 2.75) is 26.2 Å². The highest BCUT2D eigenvalue weighted by molar-refractivity contribution is 6.50. The van der Waals surface area contributed by atoms with E-state index >= 15 is 0 Å². The van der Waals surface area contributed by atoms with E-state index in [-0.39, 0.29) is 11.0 Å². The number of hydrogen-bond donors (Lipinski definition) is 0. The van der Waals surface area contributed by atoms with E-state index in [2.05, 4.69) is 136 Å². The number of imidazole rings is 1. The summed E-state index contributed by atoms with van der Waals surface area (Å²) in [6, 6.07) is 41.4. The number of hydrogen-bond acceptors (Lipinski definition) is 2. The fourth-order valence-corrected chi connectivity index (χ4v) is 8.62. The second-order valence-corrected chi connectivity index (χ2v) is 14.3. The Balaban J connectivity index is 1.46. The lowest BCUT2D eigenvalue weighted by molar-refractivity contribution is 0.591. The minimum Gasteiger partial charge on any atom is -0.268 e. The highest BCUT2D eigenvalue weighted by Gasteiger charge is 2.29. The molecule has 0 aliphatic heterocycles. The molecule has 0 bridgehead atoms. The molecule has 0 N–H and O–H groups in total. The molecule has 0 atom stereocenters. The van der Waals surface area contributed by atoms with Crippen LogP contribution in [-0.2, 0) is 5.41 Å². The van der Waals surface area contributed by atoms with Gasteiger partial charge in [0.1, 0.15) is 5.65 Å². The smallest absolute Gasteiger partial charge is 0.265 e. The maximum Gasteiger partial charge on any atom is 0.265 e. The maximum atomic E-state index is 15.0. The molecule has 9 aromatic carbocycles. The molecule has 0 radical (unpaired) electrons. The van der Waals surface area contributed by atoms with Crippen LogP contribution in [0.4, 0.5) is 0 Å². The fraction of sp³-hybridized carbons (Fsp3) is 0.0909. The minimum atomic E-state index is -0.0532. The number of nitrogens with zero attached hydrogens (tertiary/aromatic N) is 2. The molecule has 2 heterocycles. The standard InChI is InChI=1S/C44H28N2O/c1-44(2,3)26-16-19-33-34(20-26)46-42(45-33)40-31-21-29(23-10-6-4-7-11-23)27-17-14-25-15-18-28-30(24-12-8-5-9-13-24)22-32(41(40)43(46)47)39-37(28)35(25)36(27)38(31)39/h4-22H,1-3H3. The normalized spacial score (nSPS) is 13.1. The summed E-state index contributed by atoms with van der Waals surface area (Å²) in [4.78, 5) is 20.2. The fourth-order valence-electron chi connectivity index (χ4n) is 8.62. The molecule has 0 aliphatic carbocycles. The topological polar surface area (TPSA) is 34.4 Å². The zero-order chi connectivity index (χ0) is 31.3. The molecule has 0 aliphatic rings. The Morgan fingerprint density at radius 3 is 1.66 bits per heavy atom. The van der Waals surface area contributed by atoms with Crippen LogP contribution in [-0.4, -0.2) is 9.38 Å². The molecule has 0 amide bonds. The quantitative estimate of drug-likeness (QED) is 0.185. The first kappa shape index (κ1) is 25.4. The second-order valence-electron chi connectivity index (χ2n) is 14.3. The number of rotatable bonds is 2. The lowest BCUT2D eigenvalue weighted by atomic mass is 9.87. The molecule has 220 valence electrons. The molecule has 0 unspecified atom stereocenters. The highest BCUT2D eigenvalue weighted by Crippen LogP contribution is 2.54. The van der Waals surface area contributed by atoms with Crippen molar-refractivity contribution in [1.29, 1.82) is 0 Å². The molecule has 2 aromatic heterocycles. The van der Waals surface area contributed by atoms with Crippen molar-refractivity contribution in [2.24, 2.45) is 0 Å². The molecule has 0 fully saturated rings. The third-order valence-corrected chi connectivity index (χ3v) is 10.8. The molecule has 0 saturated carbocycles. The van der Waals surface area contributed by atoms with Gasteiger partial charge in [-0.3, -0.25) is 9.20 Å². The van der Waals surface area contributed by atoms with Gasteiger partial charge in [-0.25, -0.2) is 4.98 Å². The van der Waals surface area contributed by atoms with Crippen LogP contribution < -0.4 is 5.56 Å². The average Bonchev–Trinajstić information content (AvgIpc) is 3.74. The van der Waals surface area contributed by atoms with Gasteiger partial charge in [0.05, 0.1) is 16.4 Å². The van der Waals surface area contributed by atoms with Crippen LogP contribution >= 0.6 is 0 Å². The summed E-state index contributed by atoms with van der Waals surface area (Å²) in [7, 11) is 0. The van der Waals surface area contributed by atoms with Gasteiger partial charge in [0.25, 0.3) is 5.56 Å². The number of fused-ring (bicyclic) bond motifs is 7. The Kier molecular flexibility index (Phi) is 4.49. The molecule has 47 heavy (non-hydrogen) atoms. The lowest BCUT2D eigenvalue weighted by Crippen LogP contribution is -2.11. The summed E-state index contributed by atoms with van der Waals surface area (Å²) in [5.41, 5.74) is 8.28. The van der Waals surface area contributed by atoms with Gasteiger partial charge in [-0.1, -0.05) is 112 Å². The van der Waals surface area contributed by atoms with Crippen molar-refractivity contribution >= 4 is 81.3 Å². The molecular weight excluding hydrogens is 572 g/mol. The van der Waals surface area contributed by atoms with Crippen LogP contribution in [0.5, 0.6) is 0 Å². The van der Waals surface area contributed by atoms with E-state index in [1.807, 2.05) is 4.40 Å². The highest BCUT2D eigenvalue weighted by atomic mass is 16.1. The van der Waals surface area contributed by atoms with Crippen molar-refractivity contribution in [3.05, 3.63) is 131 Å². The van der Waals surface area contributed by atoms with Gasteiger partial charge >= 0.3 is 0 Å². The van der Waals surface area contributed by atoms with Crippen LogP contribution in [0.3, 0.4) is 0 Å². The zero-order valence-corrected chi connectivity index (χ0v) is 26.3. The monoisotopic (exact) mass is 600 g/mol. The third kappa shape index (κ3) is 3.03. The van der Waals surface area contributed by atoms with Crippen LogP contribution in [0.25, 0.3) is 104 Å². The van der Waals surface area contributed by atoms with Crippen molar-refractivity contribution in [3.8, 4) is 22.3 Å². The van der Waals surface area contributed by atoms with Gasteiger partial charge in [0.2, 0.25) is 0 Å².